The smallest absolute Gasteiger partial charge is 0.348 e. The Morgan fingerprint density at radius 1 is 0.893 bits per heavy atom. The van der Waals surface area contributed by atoms with Crippen LogP contribution in [0, 0.1) is 6.92 Å². The number of furan rings is 1. The molecular formula is C23H16N2O3. The van der Waals surface area contributed by atoms with Gasteiger partial charge in [-0.2, -0.15) is 0 Å². The third-order valence-electron chi connectivity index (χ3n) is 4.81. The lowest BCUT2D eigenvalue weighted by atomic mass is 10.0. The predicted octanol–water partition coefficient (Wildman–Crippen LogP) is 5.65. The molecule has 0 bridgehead atoms. The molecular weight excluding hydrogens is 352 g/mol. The van der Waals surface area contributed by atoms with Gasteiger partial charge in [0.05, 0.1) is 10.9 Å². The third-order valence-corrected chi connectivity index (χ3v) is 4.81. The highest BCUT2D eigenvalue weighted by molar-refractivity contribution is 6.10. The summed E-state index contributed by atoms with van der Waals surface area (Å²) in [5, 5.41) is 4.53. The van der Waals surface area contributed by atoms with Gasteiger partial charge in [-0.15, -0.1) is 0 Å². The maximum absolute atomic E-state index is 12.8. The van der Waals surface area contributed by atoms with Gasteiger partial charge in [0.25, 0.3) is 0 Å². The number of aryl methyl sites for hydroxylation is 1. The van der Waals surface area contributed by atoms with Crippen molar-refractivity contribution < 1.29 is 8.83 Å². The summed E-state index contributed by atoms with van der Waals surface area (Å²) in [5.74, 6) is 0.499. The SMILES string of the molecule is Cc1ccccc1Nc1oc2c(c1-c1ccncc1)c(=O)oc1ccccc12. The quantitative estimate of drug-likeness (QED) is 0.417. The number of rotatable bonds is 3. The van der Waals surface area contributed by atoms with E-state index in [0.29, 0.717) is 28.0 Å². The van der Waals surface area contributed by atoms with Crippen LogP contribution in [0.2, 0.25) is 0 Å². The third kappa shape index (κ3) is 2.56. The zero-order valence-corrected chi connectivity index (χ0v) is 15.1. The van der Waals surface area contributed by atoms with Crippen LogP contribution in [0.25, 0.3) is 33.1 Å². The summed E-state index contributed by atoms with van der Waals surface area (Å²) in [5.41, 5.74) is 4.05. The number of pyridine rings is 1. The second-order valence-electron chi connectivity index (χ2n) is 6.57. The number of hydrogen-bond acceptors (Lipinski definition) is 5. The van der Waals surface area contributed by atoms with Crippen molar-refractivity contribution in [2.75, 3.05) is 5.32 Å². The molecule has 0 radical (unpaired) electrons. The van der Waals surface area contributed by atoms with E-state index in [9.17, 15) is 4.79 Å². The van der Waals surface area contributed by atoms with Crippen LogP contribution in [0.5, 0.6) is 0 Å². The van der Waals surface area contributed by atoms with Crippen molar-refractivity contribution in [1.29, 1.82) is 0 Å². The summed E-state index contributed by atoms with van der Waals surface area (Å²) in [4.78, 5) is 16.9. The normalized spacial score (nSPS) is 11.2. The number of benzene rings is 2. The fourth-order valence-electron chi connectivity index (χ4n) is 3.43. The fourth-order valence-corrected chi connectivity index (χ4v) is 3.43. The van der Waals surface area contributed by atoms with E-state index in [1.165, 1.54) is 0 Å². The minimum absolute atomic E-state index is 0.418. The Hall–Kier alpha value is -3.86. The molecule has 5 rings (SSSR count). The minimum Gasteiger partial charge on any atom is -0.439 e. The molecule has 0 aliphatic rings. The van der Waals surface area contributed by atoms with E-state index in [2.05, 4.69) is 10.3 Å². The molecule has 0 aliphatic heterocycles. The maximum atomic E-state index is 12.8. The van der Waals surface area contributed by atoms with E-state index in [-0.39, 0.29) is 0 Å². The first-order valence-corrected chi connectivity index (χ1v) is 8.94. The first kappa shape index (κ1) is 16.3. The molecule has 0 aliphatic carbocycles. The molecule has 5 aromatic rings. The maximum Gasteiger partial charge on any atom is 0.348 e. The number of nitrogens with one attached hydrogen (secondary N) is 1. The van der Waals surface area contributed by atoms with Gasteiger partial charge in [0.1, 0.15) is 11.0 Å². The fraction of sp³-hybridized carbons (Fsp3) is 0.0435. The first-order valence-electron chi connectivity index (χ1n) is 8.94. The number of hydrogen-bond donors (Lipinski definition) is 1. The molecule has 136 valence electrons. The van der Waals surface area contributed by atoms with Gasteiger partial charge in [-0.1, -0.05) is 30.3 Å². The summed E-state index contributed by atoms with van der Waals surface area (Å²) in [6, 6.07) is 19.0. The van der Waals surface area contributed by atoms with Crippen molar-refractivity contribution in [2.45, 2.75) is 6.92 Å². The van der Waals surface area contributed by atoms with Gasteiger partial charge in [0, 0.05) is 18.1 Å². The molecule has 0 unspecified atom stereocenters. The monoisotopic (exact) mass is 368 g/mol. The molecule has 0 spiro atoms. The van der Waals surface area contributed by atoms with E-state index >= 15 is 0 Å². The lowest BCUT2D eigenvalue weighted by molar-refractivity contribution is 0.566. The molecule has 0 saturated heterocycles. The molecule has 0 saturated carbocycles. The van der Waals surface area contributed by atoms with E-state index < -0.39 is 5.63 Å². The number of aromatic nitrogens is 1. The number of para-hydroxylation sites is 2. The van der Waals surface area contributed by atoms with E-state index in [1.807, 2.05) is 61.5 Å². The summed E-state index contributed by atoms with van der Waals surface area (Å²) < 4.78 is 11.8. The van der Waals surface area contributed by atoms with Gasteiger partial charge >= 0.3 is 5.63 Å². The van der Waals surface area contributed by atoms with Gasteiger partial charge in [0.15, 0.2) is 5.58 Å². The Kier molecular flexibility index (Phi) is 3.72. The summed E-state index contributed by atoms with van der Waals surface area (Å²) >= 11 is 0. The predicted molar refractivity (Wildman–Crippen MR) is 110 cm³/mol. The van der Waals surface area contributed by atoms with Crippen molar-refractivity contribution in [1.82, 2.24) is 4.98 Å². The zero-order valence-electron chi connectivity index (χ0n) is 15.1. The van der Waals surface area contributed by atoms with E-state index in [1.54, 1.807) is 18.5 Å². The van der Waals surface area contributed by atoms with Crippen molar-refractivity contribution >= 4 is 33.5 Å². The van der Waals surface area contributed by atoms with Crippen LogP contribution in [-0.4, -0.2) is 4.98 Å². The lowest BCUT2D eigenvalue weighted by Gasteiger charge is -2.08. The van der Waals surface area contributed by atoms with Crippen LogP contribution in [0.4, 0.5) is 11.6 Å². The van der Waals surface area contributed by atoms with Crippen molar-refractivity contribution in [3.05, 3.63) is 89.0 Å². The average molecular weight is 368 g/mol. The zero-order chi connectivity index (χ0) is 19.1. The number of nitrogens with zero attached hydrogens (tertiary/aromatic N) is 1. The summed E-state index contributed by atoms with van der Waals surface area (Å²) in [7, 11) is 0. The largest absolute Gasteiger partial charge is 0.439 e. The Labute approximate surface area is 160 Å². The van der Waals surface area contributed by atoms with Gasteiger partial charge < -0.3 is 14.2 Å². The summed E-state index contributed by atoms with van der Waals surface area (Å²) in [6.07, 6.45) is 3.38. The highest BCUT2D eigenvalue weighted by atomic mass is 16.4. The molecule has 5 nitrogen and oxygen atoms in total. The van der Waals surface area contributed by atoms with Crippen molar-refractivity contribution in [2.24, 2.45) is 0 Å². The molecule has 0 amide bonds. The highest BCUT2D eigenvalue weighted by Gasteiger charge is 2.22. The minimum atomic E-state index is -0.429. The second-order valence-corrected chi connectivity index (χ2v) is 6.57. The molecule has 0 atom stereocenters. The van der Waals surface area contributed by atoms with Crippen molar-refractivity contribution in [3.63, 3.8) is 0 Å². The molecule has 28 heavy (non-hydrogen) atoms. The molecule has 1 N–H and O–H groups in total. The van der Waals surface area contributed by atoms with Crippen molar-refractivity contribution in [3.8, 4) is 11.1 Å². The molecule has 2 aromatic carbocycles. The van der Waals surface area contributed by atoms with Crippen LogP contribution in [-0.2, 0) is 0 Å². The first-order chi connectivity index (χ1) is 13.7. The molecule has 0 fully saturated rings. The Bertz CT molecular complexity index is 1370. The van der Waals surface area contributed by atoms with Gasteiger partial charge in [-0.25, -0.2) is 4.79 Å². The van der Waals surface area contributed by atoms with Crippen LogP contribution in [0.3, 0.4) is 0 Å². The van der Waals surface area contributed by atoms with Crippen LogP contribution in [0.1, 0.15) is 5.56 Å². The molecule has 3 aromatic heterocycles. The van der Waals surface area contributed by atoms with E-state index in [0.717, 1.165) is 22.2 Å². The van der Waals surface area contributed by atoms with Crippen LogP contribution < -0.4 is 10.9 Å². The Morgan fingerprint density at radius 2 is 1.64 bits per heavy atom. The molecule has 5 heteroatoms. The molecule has 3 heterocycles. The second kappa shape index (κ2) is 6.39. The van der Waals surface area contributed by atoms with Gasteiger partial charge in [-0.05, 0) is 48.4 Å². The van der Waals surface area contributed by atoms with E-state index in [4.69, 9.17) is 8.83 Å². The Morgan fingerprint density at radius 3 is 2.46 bits per heavy atom. The summed E-state index contributed by atoms with van der Waals surface area (Å²) in [6.45, 7) is 2.01. The Balaban J connectivity index is 1.86. The van der Waals surface area contributed by atoms with Crippen LogP contribution >= 0.6 is 0 Å². The lowest BCUT2D eigenvalue weighted by Crippen LogP contribution is -2.00. The van der Waals surface area contributed by atoms with Gasteiger partial charge in [-0.3, -0.25) is 4.98 Å². The average Bonchev–Trinajstić information content (AvgIpc) is 3.10. The van der Waals surface area contributed by atoms with Crippen LogP contribution in [0.15, 0.2) is 86.7 Å². The standard InChI is InChI=1S/C23H16N2O3/c1-14-6-2-4-8-17(14)25-22-19(15-10-12-24-13-11-15)20-21(28-22)16-7-3-5-9-18(16)27-23(20)26/h2-13,25H,1H3. The number of anilines is 2. The van der Waals surface area contributed by atoms with Gasteiger partial charge in [0.2, 0.25) is 5.88 Å². The topological polar surface area (TPSA) is 68.3 Å². The number of fused-ring (bicyclic) bond motifs is 3. The highest BCUT2D eigenvalue weighted by Crippen LogP contribution is 2.40.